The maximum absolute atomic E-state index is 11.3. The molecule has 0 bridgehead atoms. The second-order valence-electron chi connectivity index (χ2n) is 3.64. The fourth-order valence-electron chi connectivity index (χ4n) is 2.13. The summed E-state index contributed by atoms with van der Waals surface area (Å²) in [6.07, 6.45) is 1.40. The molecular formula is C10H19NO2S. The normalized spacial score (nSPS) is 19.6. The van der Waals surface area contributed by atoms with E-state index in [9.17, 15) is 9.90 Å². The van der Waals surface area contributed by atoms with Gasteiger partial charge in [0.25, 0.3) is 0 Å². The van der Waals surface area contributed by atoms with Gasteiger partial charge in [-0.15, -0.1) is 0 Å². The molecule has 4 heteroatoms. The molecule has 82 valence electrons. The number of carboxylic acid groups (broad SMARTS) is 1. The van der Waals surface area contributed by atoms with Crippen molar-refractivity contribution in [1.29, 1.82) is 0 Å². The number of rotatable bonds is 4. The molecule has 0 aromatic carbocycles. The van der Waals surface area contributed by atoms with E-state index in [2.05, 4.69) is 4.90 Å². The Labute approximate surface area is 89.9 Å². The highest BCUT2D eigenvalue weighted by Crippen LogP contribution is 2.27. The van der Waals surface area contributed by atoms with E-state index in [0.29, 0.717) is 12.8 Å². The van der Waals surface area contributed by atoms with Gasteiger partial charge in [-0.1, -0.05) is 13.8 Å². The summed E-state index contributed by atoms with van der Waals surface area (Å²) >= 11 is 1.91. The molecule has 0 radical (unpaired) electrons. The predicted octanol–water partition coefficient (Wildman–Crippen LogP) is 1.68. The molecule has 1 fully saturated rings. The van der Waals surface area contributed by atoms with E-state index in [1.165, 1.54) is 0 Å². The van der Waals surface area contributed by atoms with Crippen LogP contribution in [-0.4, -0.2) is 46.1 Å². The van der Waals surface area contributed by atoms with Crippen molar-refractivity contribution in [3.8, 4) is 0 Å². The van der Waals surface area contributed by atoms with Crippen LogP contribution >= 0.6 is 11.8 Å². The SMILES string of the molecule is CCC(CC)(C(=O)O)N1CCSCC1. The number of nitrogens with zero attached hydrogens (tertiary/aromatic N) is 1. The van der Waals surface area contributed by atoms with Crippen molar-refractivity contribution in [1.82, 2.24) is 4.90 Å². The van der Waals surface area contributed by atoms with Crippen LogP contribution in [-0.2, 0) is 4.79 Å². The molecule has 3 nitrogen and oxygen atoms in total. The first-order chi connectivity index (χ1) is 6.67. The maximum atomic E-state index is 11.3. The van der Waals surface area contributed by atoms with Gasteiger partial charge in [0.15, 0.2) is 0 Å². The van der Waals surface area contributed by atoms with Crippen LogP contribution in [0.1, 0.15) is 26.7 Å². The fraction of sp³-hybridized carbons (Fsp3) is 0.900. The number of carboxylic acids is 1. The van der Waals surface area contributed by atoms with E-state index in [-0.39, 0.29) is 0 Å². The van der Waals surface area contributed by atoms with Gasteiger partial charge in [0, 0.05) is 24.6 Å². The molecule has 1 N–H and O–H groups in total. The van der Waals surface area contributed by atoms with Gasteiger partial charge >= 0.3 is 5.97 Å². The number of carbonyl (C=O) groups is 1. The van der Waals surface area contributed by atoms with Crippen LogP contribution in [0.25, 0.3) is 0 Å². The van der Waals surface area contributed by atoms with Crippen LogP contribution < -0.4 is 0 Å². The van der Waals surface area contributed by atoms with Crippen molar-refractivity contribution in [2.75, 3.05) is 24.6 Å². The largest absolute Gasteiger partial charge is 0.480 e. The van der Waals surface area contributed by atoms with Crippen LogP contribution in [0, 0.1) is 0 Å². The van der Waals surface area contributed by atoms with Gasteiger partial charge in [0.1, 0.15) is 5.54 Å². The zero-order valence-electron chi connectivity index (χ0n) is 8.95. The van der Waals surface area contributed by atoms with Gasteiger partial charge in [-0.25, -0.2) is 0 Å². The highest BCUT2D eigenvalue weighted by molar-refractivity contribution is 7.99. The lowest BCUT2D eigenvalue weighted by Crippen LogP contribution is -2.56. The van der Waals surface area contributed by atoms with E-state index < -0.39 is 11.5 Å². The van der Waals surface area contributed by atoms with Gasteiger partial charge in [-0.05, 0) is 12.8 Å². The molecule has 0 spiro atoms. The molecule has 0 aromatic rings. The van der Waals surface area contributed by atoms with Crippen molar-refractivity contribution in [2.45, 2.75) is 32.2 Å². The molecule has 0 saturated carbocycles. The first kappa shape index (κ1) is 11.9. The zero-order chi connectivity index (χ0) is 10.6. The second-order valence-corrected chi connectivity index (χ2v) is 4.87. The Hall–Kier alpha value is -0.220. The van der Waals surface area contributed by atoms with Gasteiger partial charge in [0.2, 0.25) is 0 Å². The Kier molecular flexibility index (Phi) is 4.26. The van der Waals surface area contributed by atoms with E-state index in [1.54, 1.807) is 0 Å². The maximum Gasteiger partial charge on any atom is 0.324 e. The van der Waals surface area contributed by atoms with Crippen molar-refractivity contribution in [3.05, 3.63) is 0 Å². The summed E-state index contributed by atoms with van der Waals surface area (Å²) in [6, 6.07) is 0. The molecular weight excluding hydrogens is 198 g/mol. The predicted molar refractivity (Wildman–Crippen MR) is 59.8 cm³/mol. The molecule has 0 unspecified atom stereocenters. The average molecular weight is 217 g/mol. The second kappa shape index (κ2) is 5.03. The van der Waals surface area contributed by atoms with Gasteiger partial charge < -0.3 is 5.11 Å². The van der Waals surface area contributed by atoms with Crippen LogP contribution in [0.4, 0.5) is 0 Å². The minimum Gasteiger partial charge on any atom is -0.480 e. The lowest BCUT2D eigenvalue weighted by atomic mass is 9.90. The lowest BCUT2D eigenvalue weighted by Gasteiger charge is -2.41. The molecule has 1 rings (SSSR count). The molecule has 1 saturated heterocycles. The number of thioether (sulfide) groups is 1. The number of hydrogen-bond donors (Lipinski definition) is 1. The molecule has 14 heavy (non-hydrogen) atoms. The van der Waals surface area contributed by atoms with Crippen LogP contribution in [0.15, 0.2) is 0 Å². The number of hydrogen-bond acceptors (Lipinski definition) is 3. The summed E-state index contributed by atoms with van der Waals surface area (Å²) in [5, 5.41) is 9.33. The highest BCUT2D eigenvalue weighted by atomic mass is 32.2. The third-order valence-electron chi connectivity index (χ3n) is 3.18. The third-order valence-corrected chi connectivity index (χ3v) is 4.13. The molecule has 0 aliphatic carbocycles. The van der Waals surface area contributed by atoms with Crippen LogP contribution in [0.5, 0.6) is 0 Å². The van der Waals surface area contributed by atoms with E-state index in [0.717, 1.165) is 24.6 Å². The van der Waals surface area contributed by atoms with E-state index in [4.69, 9.17) is 0 Å². The van der Waals surface area contributed by atoms with Gasteiger partial charge in [0.05, 0.1) is 0 Å². The van der Waals surface area contributed by atoms with E-state index >= 15 is 0 Å². The molecule has 0 aromatic heterocycles. The molecule has 0 atom stereocenters. The summed E-state index contributed by atoms with van der Waals surface area (Å²) < 4.78 is 0. The summed E-state index contributed by atoms with van der Waals surface area (Å²) in [5.74, 6) is 1.47. The molecule has 0 amide bonds. The molecule has 1 aliphatic rings. The standard InChI is InChI=1S/C10H19NO2S/c1-3-10(4-2,9(12)13)11-5-7-14-8-6-11/h3-8H2,1-2H3,(H,12,13). The number of aliphatic carboxylic acids is 1. The topological polar surface area (TPSA) is 40.5 Å². The summed E-state index contributed by atoms with van der Waals surface area (Å²) in [7, 11) is 0. The lowest BCUT2D eigenvalue weighted by molar-refractivity contribution is -0.152. The summed E-state index contributed by atoms with van der Waals surface area (Å²) in [5.41, 5.74) is -0.610. The van der Waals surface area contributed by atoms with Crippen LogP contribution in [0.2, 0.25) is 0 Å². The first-order valence-corrected chi connectivity index (χ1v) is 6.39. The Bertz CT molecular complexity index is 198. The van der Waals surface area contributed by atoms with Crippen molar-refractivity contribution in [2.24, 2.45) is 0 Å². The molecule has 1 aliphatic heterocycles. The Morgan fingerprint density at radius 1 is 1.36 bits per heavy atom. The fourth-order valence-corrected chi connectivity index (χ4v) is 3.03. The Morgan fingerprint density at radius 3 is 2.21 bits per heavy atom. The Morgan fingerprint density at radius 2 is 1.86 bits per heavy atom. The summed E-state index contributed by atoms with van der Waals surface area (Å²) in [6.45, 7) is 5.77. The quantitative estimate of drug-likeness (QED) is 0.778. The molecule has 1 heterocycles. The minimum absolute atomic E-state index is 0.610. The third kappa shape index (κ3) is 2.06. The van der Waals surface area contributed by atoms with Crippen molar-refractivity contribution in [3.63, 3.8) is 0 Å². The zero-order valence-corrected chi connectivity index (χ0v) is 9.77. The van der Waals surface area contributed by atoms with Gasteiger partial charge in [-0.2, -0.15) is 11.8 Å². The Balaban J connectivity index is 2.78. The summed E-state index contributed by atoms with van der Waals surface area (Å²) in [4.78, 5) is 13.5. The minimum atomic E-state index is -0.658. The smallest absolute Gasteiger partial charge is 0.324 e. The first-order valence-electron chi connectivity index (χ1n) is 5.23. The average Bonchev–Trinajstić information content (AvgIpc) is 2.22. The highest BCUT2D eigenvalue weighted by Gasteiger charge is 2.41. The van der Waals surface area contributed by atoms with E-state index in [1.807, 2.05) is 25.6 Å². The van der Waals surface area contributed by atoms with Crippen molar-refractivity contribution >= 4 is 17.7 Å². The van der Waals surface area contributed by atoms with Gasteiger partial charge in [-0.3, -0.25) is 9.69 Å². The monoisotopic (exact) mass is 217 g/mol. The van der Waals surface area contributed by atoms with Crippen molar-refractivity contribution < 1.29 is 9.90 Å². The van der Waals surface area contributed by atoms with Crippen LogP contribution in [0.3, 0.4) is 0 Å².